The van der Waals surface area contributed by atoms with Crippen molar-refractivity contribution in [1.29, 1.82) is 10.5 Å². The maximum atomic E-state index is 10.9. The van der Waals surface area contributed by atoms with Crippen LogP contribution < -0.4 is 10.9 Å². The Kier molecular flexibility index (Phi) is 2.05. The van der Waals surface area contributed by atoms with Crippen LogP contribution in [0.15, 0.2) is 11.0 Å². The number of hydrogen-bond acceptors (Lipinski definition) is 5. The topological polar surface area (TPSA) is 105 Å². The van der Waals surface area contributed by atoms with E-state index in [1.807, 2.05) is 0 Å². The Hall–Kier alpha value is -2.34. The first-order valence-electron chi connectivity index (χ1n) is 2.92. The lowest BCUT2D eigenvalue weighted by atomic mass is 10.4. The molecule has 1 rings (SSSR count). The van der Waals surface area contributed by atoms with Crippen molar-refractivity contribution in [3.63, 3.8) is 0 Å². The third kappa shape index (κ3) is 1.39. The fourth-order valence-corrected chi connectivity index (χ4v) is 0.591. The third-order valence-electron chi connectivity index (χ3n) is 1.09. The van der Waals surface area contributed by atoms with Crippen LogP contribution in [0.5, 0.6) is 0 Å². The minimum atomic E-state index is -0.565. The molecule has 0 saturated carbocycles. The molecule has 0 aliphatic carbocycles. The van der Waals surface area contributed by atoms with E-state index in [4.69, 9.17) is 10.5 Å². The summed E-state index contributed by atoms with van der Waals surface area (Å²) in [6.07, 6.45) is 2.68. The molecular formula is C6H3N5O. The Balaban J connectivity index is 3.15. The van der Waals surface area contributed by atoms with Gasteiger partial charge in [-0.1, -0.05) is 0 Å². The molecule has 6 heteroatoms. The summed E-state index contributed by atoms with van der Waals surface area (Å²) < 4.78 is 0. The first kappa shape index (κ1) is 7.76. The molecule has 0 amide bonds. The molecule has 0 bridgehead atoms. The van der Waals surface area contributed by atoms with Crippen LogP contribution in [0, 0.1) is 22.8 Å². The van der Waals surface area contributed by atoms with Gasteiger partial charge in [-0.25, -0.2) is 4.98 Å². The van der Waals surface area contributed by atoms with Crippen molar-refractivity contribution < 1.29 is 0 Å². The van der Waals surface area contributed by atoms with Crippen LogP contribution in [0.1, 0.15) is 5.56 Å². The van der Waals surface area contributed by atoms with E-state index in [0.717, 1.165) is 6.20 Å². The molecule has 6 nitrogen and oxygen atoms in total. The van der Waals surface area contributed by atoms with Crippen molar-refractivity contribution in [3.05, 3.63) is 22.1 Å². The summed E-state index contributed by atoms with van der Waals surface area (Å²) in [4.78, 5) is 16.7. The molecule has 0 aliphatic rings. The molecule has 1 aromatic rings. The molecule has 0 radical (unpaired) electrons. The van der Waals surface area contributed by atoms with E-state index in [2.05, 4.69) is 15.3 Å². The van der Waals surface area contributed by atoms with Crippen molar-refractivity contribution in [2.24, 2.45) is 0 Å². The Morgan fingerprint density at radius 3 is 2.83 bits per heavy atom. The zero-order valence-electron chi connectivity index (χ0n) is 5.83. The number of nitrogens with one attached hydrogen (secondary N) is 2. The van der Waals surface area contributed by atoms with E-state index >= 15 is 0 Å². The van der Waals surface area contributed by atoms with Crippen LogP contribution in [-0.4, -0.2) is 9.97 Å². The monoisotopic (exact) mass is 161 g/mol. The van der Waals surface area contributed by atoms with E-state index < -0.39 is 5.56 Å². The van der Waals surface area contributed by atoms with Crippen molar-refractivity contribution in [1.82, 2.24) is 9.97 Å². The SMILES string of the molecule is N#CNc1ncc(C#N)c(=O)[nH]1. The smallest absolute Gasteiger partial charge is 0.270 e. The maximum absolute atomic E-state index is 10.9. The van der Waals surface area contributed by atoms with E-state index in [0.29, 0.717) is 0 Å². The second-order valence-corrected chi connectivity index (χ2v) is 1.82. The van der Waals surface area contributed by atoms with Gasteiger partial charge in [-0.15, -0.1) is 0 Å². The van der Waals surface area contributed by atoms with E-state index in [1.165, 1.54) is 0 Å². The number of nitriles is 2. The summed E-state index contributed by atoms with van der Waals surface area (Å²) in [5, 5.41) is 18.6. The Morgan fingerprint density at radius 2 is 2.33 bits per heavy atom. The van der Waals surface area contributed by atoms with Gasteiger partial charge >= 0.3 is 0 Å². The number of rotatable bonds is 1. The highest BCUT2D eigenvalue weighted by Crippen LogP contribution is 1.91. The minimum Gasteiger partial charge on any atom is -0.291 e. The Labute approximate surface area is 67.1 Å². The van der Waals surface area contributed by atoms with Crippen molar-refractivity contribution in [3.8, 4) is 12.3 Å². The number of nitrogens with zero attached hydrogens (tertiary/aromatic N) is 3. The summed E-state index contributed by atoms with van der Waals surface area (Å²) in [7, 11) is 0. The molecule has 1 aromatic heterocycles. The number of aromatic nitrogens is 2. The first-order chi connectivity index (χ1) is 5.77. The summed E-state index contributed by atoms with van der Waals surface area (Å²) in [6, 6.07) is 1.65. The van der Waals surface area contributed by atoms with Crippen molar-refractivity contribution >= 4 is 5.95 Å². The second kappa shape index (κ2) is 3.17. The fraction of sp³-hybridized carbons (Fsp3) is 0. The Morgan fingerprint density at radius 1 is 1.58 bits per heavy atom. The van der Waals surface area contributed by atoms with Gasteiger partial charge in [0.2, 0.25) is 5.95 Å². The molecule has 0 atom stereocenters. The van der Waals surface area contributed by atoms with Gasteiger partial charge in [-0.2, -0.15) is 10.5 Å². The summed E-state index contributed by atoms with van der Waals surface area (Å²) in [6.45, 7) is 0. The van der Waals surface area contributed by atoms with Crippen LogP contribution >= 0.6 is 0 Å². The number of hydrogen-bond donors (Lipinski definition) is 2. The zero-order chi connectivity index (χ0) is 8.97. The van der Waals surface area contributed by atoms with Gasteiger partial charge in [0, 0.05) is 0 Å². The molecule has 2 N–H and O–H groups in total. The maximum Gasteiger partial charge on any atom is 0.270 e. The zero-order valence-corrected chi connectivity index (χ0v) is 5.83. The van der Waals surface area contributed by atoms with Crippen molar-refractivity contribution in [2.75, 3.05) is 5.32 Å². The van der Waals surface area contributed by atoms with Gasteiger partial charge in [0.25, 0.3) is 5.56 Å². The van der Waals surface area contributed by atoms with E-state index in [1.54, 1.807) is 12.3 Å². The van der Waals surface area contributed by atoms with Crippen molar-refractivity contribution in [2.45, 2.75) is 0 Å². The van der Waals surface area contributed by atoms with Crippen LogP contribution in [0.3, 0.4) is 0 Å². The number of anilines is 1. The largest absolute Gasteiger partial charge is 0.291 e. The normalized spacial score (nSPS) is 8.17. The predicted octanol–water partition coefficient (Wildman–Crippen LogP) is -0.465. The molecule has 0 saturated heterocycles. The lowest BCUT2D eigenvalue weighted by molar-refractivity contribution is 1.10. The van der Waals surface area contributed by atoms with E-state index in [9.17, 15) is 4.79 Å². The van der Waals surface area contributed by atoms with Crippen LogP contribution in [-0.2, 0) is 0 Å². The van der Waals surface area contributed by atoms with E-state index in [-0.39, 0.29) is 11.5 Å². The standard InChI is InChI=1S/C6H3N5O/c7-1-4-2-9-6(10-3-8)11-5(4)12/h2H,(H2,9,10,11,12). The summed E-state index contributed by atoms with van der Waals surface area (Å²) >= 11 is 0. The molecule has 0 spiro atoms. The number of H-pyrrole nitrogens is 1. The van der Waals surface area contributed by atoms with Crippen LogP contribution in [0.2, 0.25) is 0 Å². The van der Waals surface area contributed by atoms with Crippen LogP contribution in [0.4, 0.5) is 5.95 Å². The number of aromatic amines is 1. The van der Waals surface area contributed by atoms with Gasteiger partial charge in [0.15, 0.2) is 6.19 Å². The van der Waals surface area contributed by atoms with Gasteiger partial charge in [0.05, 0.1) is 6.20 Å². The fourth-order valence-electron chi connectivity index (χ4n) is 0.591. The molecule has 1 heterocycles. The van der Waals surface area contributed by atoms with Gasteiger partial charge in [-0.3, -0.25) is 15.1 Å². The highest BCUT2D eigenvalue weighted by molar-refractivity contribution is 5.32. The third-order valence-corrected chi connectivity index (χ3v) is 1.09. The molecule has 0 unspecified atom stereocenters. The van der Waals surface area contributed by atoms with Crippen LogP contribution in [0.25, 0.3) is 0 Å². The quantitative estimate of drug-likeness (QED) is 0.428. The highest BCUT2D eigenvalue weighted by Gasteiger charge is 1.99. The molecular weight excluding hydrogens is 158 g/mol. The highest BCUT2D eigenvalue weighted by atomic mass is 16.1. The van der Waals surface area contributed by atoms with Gasteiger partial charge in [-0.05, 0) is 0 Å². The predicted molar refractivity (Wildman–Crippen MR) is 38.8 cm³/mol. The summed E-state index contributed by atoms with van der Waals surface area (Å²) in [5.74, 6) is 0.0292. The molecule has 0 fully saturated rings. The molecule has 12 heavy (non-hydrogen) atoms. The molecule has 58 valence electrons. The van der Waals surface area contributed by atoms with Gasteiger partial charge < -0.3 is 0 Å². The lowest BCUT2D eigenvalue weighted by Gasteiger charge is -1.93. The first-order valence-corrected chi connectivity index (χ1v) is 2.92. The Bertz CT molecular complexity index is 421. The average molecular weight is 161 g/mol. The molecule has 0 aliphatic heterocycles. The summed E-state index contributed by atoms with van der Waals surface area (Å²) in [5.41, 5.74) is -0.649. The van der Waals surface area contributed by atoms with Gasteiger partial charge in [0.1, 0.15) is 11.6 Å². The minimum absolute atomic E-state index is 0.0292. The lowest BCUT2D eigenvalue weighted by Crippen LogP contribution is -2.13. The second-order valence-electron chi connectivity index (χ2n) is 1.82. The molecule has 0 aromatic carbocycles. The average Bonchev–Trinajstić information content (AvgIpc) is 2.05.